The van der Waals surface area contributed by atoms with Crippen LogP contribution in [0, 0.1) is 0 Å². The number of rotatable bonds is 28. The fraction of sp³-hybridized carbons (Fsp3) is 0.615. The minimum Gasteiger partial charge on any atom is -0.487 e. The lowest BCUT2D eigenvalue weighted by molar-refractivity contribution is -0.992. The Bertz CT molecular complexity index is 1740. The summed E-state index contributed by atoms with van der Waals surface area (Å²) in [6.07, 6.45) is 15.0. The Labute approximate surface area is 373 Å². The van der Waals surface area contributed by atoms with Crippen molar-refractivity contribution < 1.29 is 38.1 Å². The van der Waals surface area contributed by atoms with E-state index in [4.69, 9.17) is 18.9 Å². The number of allylic oxidation sites excluding steroid dienone is 3. The monoisotopic (exact) mass is 857 g/mol. The zero-order valence-electron chi connectivity index (χ0n) is 38.7. The van der Waals surface area contributed by atoms with Crippen molar-refractivity contribution in [3.05, 3.63) is 107 Å². The quantitative estimate of drug-likeness (QED) is 0.0496. The summed E-state index contributed by atoms with van der Waals surface area (Å²) in [6.45, 7) is 18.1. The number of quaternary nitrogens is 1. The van der Waals surface area contributed by atoms with E-state index >= 15 is 0 Å². The highest BCUT2D eigenvalue weighted by atomic mass is 16.6. The lowest BCUT2D eigenvalue weighted by Crippen LogP contribution is -2.71. The van der Waals surface area contributed by atoms with Crippen LogP contribution in [0.3, 0.4) is 0 Å². The van der Waals surface area contributed by atoms with Crippen LogP contribution >= 0.6 is 0 Å². The number of hydrogen-bond acceptors (Lipinski definition) is 9. The van der Waals surface area contributed by atoms with E-state index in [-0.39, 0.29) is 36.7 Å². The van der Waals surface area contributed by atoms with Crippen LogP contribution in [0.1, 0.15) is 115 Å². The minimum atomic E-state index is -0.710. The fourth-order valence-electron chi connectivity index (χ4n) is 9.93. The first kappa shape index (κ1) is 49.2. The predicted octanol–water partition coefficient (Wildman–Crippen LogP) is 8.45. The Kier molecular flexibility index (Phi) is 19.8. The maximum atomic E-state index is 14.0. The molecule has 2 aliphatic heterocycles. The van der Waals surface area contributed by atoms with Gasteiger partial charge in [0.15, 0.2) is 0 Å². The number of nitrogens with one attached hydrogen (secondary N) is 1. The second kappa shape index (κ2) is 24.9. The number of hydrogen-bond donors (Lipinski definition) is 2. The molecule has 2 saturated heterocycles. The van der Waals surface area contributed by atoms with E-state index in [9.17, 15) is 14.7 Å². The van der Waals surface area contributed by atoms with Crippen LogP contribution in [0.2, 0.25) is 0 Å². The van der Waals surface area contributed by atoms with Gasteiger partial charge < -0.3 is 33.9 Å². The van der Waals surface area contributed by atoms with Gasteiger partial charge in [0.1, 0.15) is 36.5 Å². The number of benzene rings is 2. The summed E-state index contributed by atoms with van der Waals surface area (Å²) < 4.78 is 25.5. The van der Waals surface area contributed by atoms with E-state index in [0.29, 0.717) is 38.1 Å². The van der Waals surface area contributed by atoms with Crippen LogP contribution in [0.5, 0.6) is 0 Å². The highest BCUT2D eigenvalue weighted by Gasteiger charge is 2.64. The summed E-state index contributed by atoms with van der Waals surface area (Å²) in [6, 6.07) is 20.8. The van der Waals surface area contributed by atoms with Crippen molar-refractivity contribution in [1.29, 1.82) is 0 Å². The minimum absolute atomic E-state index is 0.0587. The number of nitrogens with zero attached hydrogens (tertiary/aromatic N) is 2. The summed E-state index contributed by atoms with van der Waals surface area (Å²) in [5.74, 6) is -0.652. The van der Waals surface area contributed by atoms with Crippen molar-refractivity contribution in [2.45, 2.75) is 140 Å². The molecule has 1 aliphatic carbocycles. The molecule has 0 radical (unpaired) electrons. The Morgan fingerprint density at radius 1 is 0.952 bits per heavy atom. The summed E-state index contributed by atoms with van der Waals surface area (Å²) in [5, 5.41) is 14.5. The molecule has 6 unspecified atom stereocenters. The average Bonchev–Trinajstić information content (AvgIpc) is 3.40. The second-order valence-corrected chi connectivity index (χ2v) is 18.3. The summed E-state index contributed by atoms with van der Waals surface area (Å²) in [7, 11) is 2.35. The highest BCUT2D eigenvalue weighted by molar-refractivity contribution is 5.79. The fourth-order valence-corrected chi connectivity index (χ4v) is 9.93. The third-order valence-electron chi connectivity index (χ3n) is 14.1. The van der Waals surface area contributed by atoms with Gasteiger partial charge in [-0.1, -0.05) is 100 Å². The Balaban J connectivity index is 1.07. The smallest absolute Gasteiger partial charge is 0.320 e. The predicted molar refractivity (Wildman–Crippen MR) is 248 cm³/mol. The molecule has 2 aromatic carbocycles. The van der Waals surface area contributed by atoms with E-state index < -0.39 is 12.0 Å². The van der Waals surface area contributed by atoms with Crippen LogP contribution in [0.4, 0.5) is 0 Å². The number of carbonyl (C=O) groups excluding carboxylic acids is 2. The SMILES string of the molecule is C=C1CC(C(O)CNCCCCCCOCCCCc2ccccc2)=CC=C1OCC12CCC(CC(OC(=O)C(COC(=O)CN(CC)CC)c3ccccc3)C1)[N+]2(C)C(C)C. The zero-order chi connectivity index (χ0) is 44.4. The number of unbranched alkanes of at least 4 members (excludes halogenated alkanes) is 4. The molecule has 10 heteroatoms. The third kappa shape index (κ3) is 13.6. The van der Waals surface area contributed by atoms with Gasteiger partial charge in [-0.05, 0) is 100 Å². The normalized spacial score (nSPS) is 23.2. The molecule has 3 aliphatic rings. The molecule has 0 saturated carbocycles. The molecular formula is C52H78N3O7+. The zero-order valence-corrected chi connectivity index (χ0v) is 38.7. The summed E-state index contributed by atoms with van der Waals surface area (Å²) >= 11 is 0. The third-order valence-corrected chi connectivity index (χ3v) is 14.1. The summed E-state index contributed by atoms with van der Waals surface area (Å²) in [4.78, 5) is 28.8. The Morgan fingerprint density at radius 3 is 2.34 bits per heavy atom. The number of fused-ring (bicyclic) bond motifs is 2. The number of aliphatic hydroxyl groups excluding tert-OH is 1. The van der Waals surface area contributed by atoms with Crippen molar-refractivity contribution in [3.8, 4) is 0 Å². The first-order valence-electron chi connectivity index (χ1n) is 23.7. The van der Waals surface area contributed by atoms with Crippen molar-refractivity contribution in [1.82, 2.24) is 10.2 Å². The van der Waals surface area contributed by atoms with E-state index in [0.717, 1.165) is 124 Å². The van der Waals surface area contributed by atoms with Crippen LogP contribution in [0.25, 0.3) is 0 Å². The van der Waals surface area contributed by atoms with Crippen molar-refractivity contribution in [3.63, 3.8) is 0 Å². The molecule has 62 heavy (non-hydrogen) atoms. The molecule has 5 rings (SSSR count). The number of aryl methyl sites for hydroxylation is 1. The lowest BCUT2D eigenvalue weighted by Gasteiger charge is -2.56. The second-order valence-electron chi connectivity index (χ2n) is 18.3. The lowest BCUT2D eigenvalue weighted by atomic mass is 9.83. The van der Waals surface area contributed by atoms with Crippen molar-refractivity contribution in [2.24, 2.45) is 0 Å². The topological polar surface area (TPSA) is 107 Å². The van der Waals surface area contributed by atoms with Crippen LogP contribution in [-0.2, 0) is 35.0 Å². The average molecular weight is 857 g/mol. The van der Waals surface area contributed by atoms with E-state index in [1.807, 2.05) is 61.2 Å². The molecule has 2 bridgehead atoms. The molecule has 2 aromatic rings. The summed E-state index contributed by atoms with van der Waals surface area (Å²) in [5.41, 5.74) is 3.72. The molecule has 10 nitrogen and oxygen atoms in total. The van der Waals surface area contributed by atoms with E-state index in [1.165, 1.54) is 5.56 Å². The number of likely N-dealkylation sites (N-methyl/N-ethyl adjacent to an activating group) is 2. The maximum absolute atomic E-state index is 14.0. The van der Waals surface area contributed by atoms with Crippen LogP contribution in [-0.4, -0.2) is 122 Å². The van der Waals surface area contributed by atoms with Gasteiger partial charge in [-0.3, -0.25) is 14.5 Å². The molecule has 6 atom stereocenters. The first-order valence-corrected chi connectivity index (χ1v) is 23.7. The van der Waals surface area contributed by atoms with E-state index in [2.05, 4.69) is 63.1 Å². The molecule has 2 N–H and O–H groups in total. The number of ether oxygens (including phenoxy) is 4. The first-order chi connectivity index (χ1) is 30.0. The molecule has 2 fully saturated rings. The van der Waals surface area contributed by atoms with Gasteiger partial charge in [0.2, 0.25) is 0 Å². The number of esters is 2. The molecular weight excluding hydrogens is 779 g/mol. The molecule has 0 amide bonds. The van der Waals surface area contributed by atoms with E-state index in [1.54, 1.807) is 0 Å². The Morgan fingerprint density at radius 2 is 1.65 bits per heavy atom. The molecule has 0 aromatic heterocycles. The van der Waals surface area contributed by atoms with Crippen LogP contribution < -0.4 is 5.32 Å². The van der Waals surface area contributed by atoms with Gasteiger partial charge in [-0.25, -0.2) is 0 Å². The van der Waals surface area contributed by atoms with Crippen molar-refractivity contribution >= 4 is 11.9 Å². The van der Waals surface area contributed by atoms with Crippen LogP contribution in [0.15, 0.2) is 96.3 Å². The van der Waals surface area contributed by atoms with Gasteiger partial charge in [0, 0.05) is 45.4 Å². The molecule has 342 valence electrons. The molecule has 2 heterocycles. The maximum Gasteiger partial charge on any atom is 0.320 e. The van der Waals surface area contributed by atoms with Gasteiger partial charge >= 0.3 is 11.9 Å². The molecule has 0 spiro atoms. The standard InChI is InChI=1S/C52H78N3O7/c1-7-54(8-2)37-50(57)60-38-47(43-24-15-12-16-25-43)51(58)62-46-34-45-28-29-52(35-46,55(45,6)40(3)4)39-61-49-27-26-44(33-41(49)5)48(56)36-53-30-18-9-10-19-31-59-32-20-17-23-42-21-13-11-14-22-42/h11-16,21-22,24-27,40,45-48,53,56H,5,7-10,17-20,23,28-39H2,1-4,6H3/q+1. The largest absolute Gasteiger partial charge is 0.487 e. The number of aliphatic hydroxyl groups is 1. The van der Waals surface area contributed by atoms with Gasteiger partial charge in [-0.2, -0.15) is 0 Å². The number of piperidine rings is 1. The Hall–Kier alpha value is -3.80. The highest BCUT2D eigenvalue weighted by Crippen LogP contribution is 2.52. The van der Waals surface area contributed by atoms with Crippen molar-refractivity contribution in [2.75, 3.05) is 66.2 Å². The van der Waals surface area contributed by atoms with Gasteiger partial charge in [0.25, 0.3) is 0 Å². The van der Waals surface area contributed by atoms with Gasteiger partial charge in [-0.15, -0.1) is 0 Å². The number of carbonyl (C=O) groups is 2. The van der Waals surface area contributed by atoms with Gasteiger partial charge in [0.05, 0.1) is 31.8 Å².